The zero-order chi connectivity index (χ0) is 16.2. The predicted molar refractivity (Wildman–Crippen MR) is 80.1 cm³/mol. The lowest BCUT2D eigenvalue weighted by atomic mass is 9.94. The van der Waals surface area contributed by atoms with Gasteiger partial charge in [0, 0.05) is 11.1 Å². The number of carbonyl (C=O) groups is 2. The fraction of sp³-hybridized carbons (Fsp3) is 0.467. The van der Waals surface area contributed by atoms with Gasteiger partial charge in [-0.25, -0.2) is 0 Å². The molecule has 0 bridgehead atoms. The van der Waals surface area contributed by atoms with Crippen molar-refractivity contribution >= 4 is 23.5 Å². The molecule has 0 aromatic heterocycles. The number of nitrogens with two attached hydrogens (primary N) is 1. The maximum atomic E-state index is 12.0. The molecule has 2 atom stereocenters. The molecule has 5 nitrogen and oxygen atoms in total. The van der Waals surface area contributed by atoms with E-state index < -0.39 is 29.5 Å². The van der Waals surface area contributed by atoms with Gasteiger partial charge in [-0.15, -0.1) is 0 Å². The normalized spacial score (nSPS) is 14.3. The Morgan fingerprint density at radius 2 is 1.90 bits per heavy atom. The SMILES string of the molecule is CC(C)(C)OC(=O)[C@H](C(=O)O)C(N)Cc1ccccc1Cl. The summed E-state index contributed by atoms with van der Waals surface area (Å²) in [5, 5.41) is 9.73. The molecule has 0 heterocycles. The van der Waals surface area contributed by atoms with Crippen LogP contribution in [0.5, 0.6) is 0 Å². The number of ether oxygens (including phenoxy) is 1. The van der Waals surface area contributed by atoms with Gasteiger partial charge in [-0.05, 0) is 38.8 Å². The van der Waals surface area contributed by atoms with Gasteiger partial charge in [-0.2, -0.15) is 0 Å². The number of carbonyl (C=O) groups excluding carboxylic acids is 1. The largest absolute Gasteiger partial charge is 0.481 e. The Hall–Kier alpha value is -1.59. The van der Waals surface area contributed by atoms with E-state index >= 15 is 0 Å². The second-order valence-electron chi connectivity index (χ2n) is 5.81. The first-order valence-electron chi connectivity index (χ1n) is 6.56. The van der Waals surface area contributed by atoms with Gasteiger partial charge in [-0.1, -0.05) is 29.8 Å². The second kappa shape index (κ2) is 6.91. The average Bonchev–Trinajstić information content (AvgIpc) is 2.29. The van der Waals surface area contributed by atoms with Crippen molar-refractivity contribution in [3.8, 4) is 0 Å². The number of aliphatic carboxylic acids is 1. The van der Waals surface area contributed by atoms with Crippen LogP contribution in [0, 0.1) is 5.92 Å². The number of hydrogen-bond donors (Lipinski definition) is 2. The zero-order valence-corrected chi connectivity index (χ0v) is 13.1. The van der Waals surface area contributed by atoms with E-state index in [0.29, 0.717) is 10.6 Å². The number of carboxylic acid groups (broad SMARTS) is 1. The molecule has 1 unspecified atom stereocenters. The molecule has 0 amide bonds. The molecule has 3 N–H and O–H groups in total. The van der Waals surface area contributed by atoms with Gasteiger partial charge in [0.05, 0.1) is 0 Å². The summed E-state index contributed by atoms with van der Waals surface area (Å²) in [5.74, 6) is -3.57. The number of esters is 1. The molecule has 0 saturated heterocycles. The van der Waals surface area contributed by atoms with E-state index in [1.54, 1.807) is 45.0 Å². The lowest BCUT2D eigenvalue weighted by Gasteiger charge is -2.25. The zero-order valence-electron chi connectivity index (χ0n) is 12.3. The van der Waals surface area contributed by atoms with Crippen molar-refractivity contribution in [3.63, 3.8) is 0 Å². The fourth-order valence-electron chi connectivity index (χ4n) is 1.86. The number of rotatable bonds is 5. The van der Waals surface area contributed by atoms with Crippen LogP contribution in [0.1, 0.15) is 26.3 Å². The van der Waals surface area contributed by atoms with Crippen LogP contribution < -0.4 is 5.73 Å². The molecule has 116 valence electrons. The Bertz CT molecular complexity index is 525. The maximum Gasteiger partial charge on any atom is 0.322 e. The van der Waals surface area contributed by atoms with Crippen molar-refractivity contribution < 1.29 is 19.4 Å². The van der Waals surface area contributed by atoms with Crippen LogP contribution in [0.3, 0.4) is 0 Å². The third-order valence-electron chi connectivity index (χ3n) is 2.77. The van der Waals surface area contributed by atoms with E-state index in [2.05, 4.69) is 0 Å². The molecular formula is C15H20ClNO4. The first kappa shape index (κ1) is 17.5. The highest BCUT2D eigenvalue weighted by Crippen LogP contribution is 2.20. The first-order chi connectivity index (χ1) is 9.61. The first-order valence-corrected chi connectivity index (χ1v) is 6.94. The van der Waals surface area contributed by atoms with Crippen LogP contribution in [0.2, 0.25) is 5.02 Å². The molecule has 1 rings (SSSR count). The van der Waals surface area contributed by atoms with E-state index in [1.165, 1.54) is 0 Å². The lowest BCUT2D eigenvalue weighted by molar-refractivity contribution is -0.167. The highest BCUT2D eigenvalue weighted by Gasteiger charge is 2.36. The number of benzene rings is 1. The van der Waals surface area contributed by atoms with E-state index in [0.717, 1.165) is 0 Å². The average molecular weight is 314 g/mol. The Balaban J connectivity index is 2.88. The predicted octanol–water partition coefficient (Wildman–Crippen LogP) is 2.25. The van der Waals surface area contributed by atoms with Crippen LogP contribution in [-0.2, 0) is 20.7 Å². The minimum Gasteiger partial charge on any atom is -0.481 e. The summed E-state index contributed by atoms with van der Waals surface area (Å²) in [4.78, 5) is 23.3. The van der Waals surface area contributed by atoms with Crippen molar-refractivity contribution in [2.75, 3.05) is 0 Å². The van der Waals surface area contributed by atoms with Crippen molar-refractivity contribution in [2.24, 2.45) is 11.7 Å². The minimum absolute atomic E-state index is 0.176. The quantitative estimate of drug-likeness (QED) is 0.643. The third kappa shape index (κ3) is 5.36. The third-order valence-corrected chi connectivity index (χ3v) is 3.14. The molecular weight excluding hydrogens is 294 g/mol. The minimum atomic E-state index is -1.43. The standard InChI is InChI=1S/C15H20ClNO4/c1-15(2,3)21-14(20)12(13(18)19)11(17)8-9-6-4-5-7-10(9)16/h4-7,11-12H,8,17H2,1-3H3,(H,18,19)/t11?,12-/m0/s1. The maximum absolute atomic E-state index is 12.0. The van der Waals surface area contributed by atoms with Crippen molar-refractivity contribution in [1.29, 1.82) is 0 Å². The van der Waals surface area contributed by atoms with Gasteiger partial charge < -0.3 is 15.6 Å². The van der Waals surface area contributed by atoms with Crippen LogP contribution in [-0.4, -0.2) is 28.7 Å². The Labute approximate surface area is 129 Å². The summed E-state index contributed by atoms with van der Waals surface area (Å²) in [6.07, 6.45) is 0.176. The highest BCUT2D eigenvalue weighted by atomic mass is 35.5. The molecule has 21 heavy (non-hydrogen) atoms. The fourth-order valence-corrected chi connectivity index (χ4v) is 2.07. The van der Waals surface area contributed by atoms with Crippen LogP contribution in [0.4, 0.5) is 0 Å². The number of hydrogen-bond acceptors (Lipinski definition) is 4. The van der Waals surface area contributed by atoms with E-state index in [1.807, 2.05) is 0 Å². The van der Waals surface area contributed by atoms with Gasteiger partial charge in [-0.3, -0.25) is 9.59 Å². The Kier molecular flexibility index (Phi) is 5.75. The molecule has 0 fully saturated rings. The topological polar surface area (TPSA) is 89.6 Å². The van der Waals surface area contributed by atoms with Crippen LogP contribution in [0.15, 0.2) is 24.3 Å². The van der Waals surface area contributed by atoms with Gasteiger partial charge in [0.25, 0.3) is 0 Å². The van der Waals surface area contributed by atoms with Gasteiger partial charge in [0.15, 0.2) is 5.92 Å². The van der Waals surface area contributed by atoms with Gasteiger partial charge in [0.1, 0.15) is 5.60 Å². The molecule has 6 heteroatoms. The van der Waals surface area contributed by atoms with E-state index in [4.69, 9.17) is 22.1 Å². The molecule has 0 aliphatic carbocycles. The highest BCUT2D eigenvalue weighted by molar-refractivity contribution is 6.31. The molecule has 1 aromatic rings. The smallest absolute Gasteiger partial charge is 0.322 e. The molecule has 0 aliphatic rings. The molecule has 0 spiro atoms. The van der Waals surface area contributed by atoms with Crippen molar-refractivity contribution in [3.05, 3.63) is 34.9 Å². The molecule has 0 aliphatic heterocycles. The summed E-state index contributed by atoms with van der Waals surface area (Å²) in [5.41, 5.74) is 5.83. The van der Waals surface area contributed by atoms with Gasteiger partial charge in [0.2, 0.25) is 0 Å². The summed E-state index contributed by atoms with van der Waals surface area (Å²) < 4.78 is 5.12. The summed E-state index contributed by atoms with van der Waals surface area (Å²) in [6.45, 7) is 5.01. The lowest BCUT2D eigenvalue weighted by Crippen LogP contribution is -2.45. The number of carboxylic acids is 1. The van der Waals surface area contributed by atoms with Crippen molar-refractivity contribution in [1.82, 2.24) is 0 Å². The second-order valence-corrected chi connectivity index (χ2v) is 6.22. The van der Waals surface area contributed by atoms with E-state index in [-0.39, 0.29) is 6.42 Å². The van der Waals surface area contributed by atoms with Crippen LogP contribution in [0.25, 0.3) is 0 Å². The Morgan fingerprint density at radius 3 is 2.38 bits per heavy atom. The van der Waals surface area contributed by atoms with Crippen molar-refractivity contribution in [2.45, 2.75) is 38.8 Å². The van der Waals surface area contributed by atoms with E-state index in [9.17, 15) is 14.7 Å². The summed E-state index contributed by atoms with van der Waals surface area (Å²) >= 11 is 6.02. The Morgan fingerprint density at radius 1 is 1.33 bits per heavy atom. The summed E-state index contributed by atoms with van der Waals surface area (Å²) in [7, 11) is 0. The molecule has 1 aromatic carbocycles. The number of halogens is 1. The van der Waals surface area contributed by atoms with Crippen LogP contribution >= 0.6 is 11.6 Å². The van der Waals surface area contributed by atoms with Gasteiger partial charge >= 0.3 is 11.9 Å². The molecule has 0 radical (unpaired) electrons. The molecule has 0 saturated carbocycles. The monoisotopic (exact) mass is 313 g/mol. The summed E-state index contributed by atoms with van der Waals surface area (Å²) in [6, 6.07) is 6.05.